The molecule has 33 heavy (non-hydrogen) atoms. The van der Waals surface area contributed by atoms with Gasteiger partial charge in [0.25, 0.3) is 5.91 Å². The van der Waals surface area contributed by atoms with Gasteiger partial charge in [0.15, 0.2) is 11.6 Å². The molecule has 0 atom stereocenters. The fourth-order valence-corrected chi connectivity index (χ4v) is 3.74. The first-order valence-electron chi connectivity index (χ1n) is 10.4. The smallest absolute Gasteiger partial charge is 0.292 e. The summed E-state index contributed by atoms with van der Waals surface area (Å²) in [5.74, 6) is 1.55. The van der Waals surface area contributed by atoms with Crippen LogP contribution in [0.3, 0.4) is 0 Å². The van der Waals surface area contributed by atoms with Gasteiger partial charge in [-0.2, -0.15) is 5.10 Å². The Kier molecular flexibility index (Phi) is 5.83. The van der Waals surface area contributed by atoms with Crippen molar-refractivity contribution in [2.75, 3.05) is 5.32 Å². The monoisotopic (exact) mass is 457 g/mol. The van der Waals surface area contributed by atoms with Crippen LogP contribution in [0.15, 0.2) is 95.5 Å². The second kappa shape index (κ2) is 9.22. The average Bonchev–Trinajstić information content (AvgIpc) is 3.49. The molecule has 7 heteroatoms. The van der Waals surface area contributed by atoms with E-state index >= 15 is 0 Å². The molecule has 0 fully saturated rings. The predicted molar refractivity (Wildman–Crippen MR) is 128 cm³/mol. The van der Waals surface area contributed by atoms with Crippen LogP contribution in [-0.2, 0) is 13.2 Å². The van der Waals surface area contributed by atoms with Crippen LogP contribution < -0.4 is 10.1 Å². The molecule has 0 aliphatic carbocycles. The van der Waals surface area contributed by atoms with E-state index in [-0.39, 0.29) is 18.3 Å². The van der Waals surface area contributed by atoms with Gasteiger partial charge < -0.3 is 14.5 Å². The van der Waals surface area contributed by atoms with Gasteiger partial charge in [-0.15, -0.1) is 0 Å². The molecule has 5 rings (SSSR count). The van der Waals surface area contributed by atoms with E-state index in [9.17, 15) is 4.79 Å². The van der Waals surface area contributed by atoms with E-state index in [4.69, 9.17) is 20.8 Å². The molecule has 0 unspecified atom stereocenters. The number of hydrogen-bond acceptors (Lipinski definition) is 4. The minimum absolute atomic E-state index is 0.187. The zero-order valence-corrected chi connectivity index (χ0v) is 18.3. The lowest BCUT2D eigenvalue weighted by Gasteiger charge is -2.08. The van der Waals surface area contributed by atoms with Crippen molar-refractivity contribution in [3.63, 3.8) is 0 Å². The van der Waals surface area contributed by atoms with Crippen LogP contribution in [0.5, 0.6) is 5.75 Å². The number of benzene rings is 3. The van der Waals surface area contributed by atoms with Gasteiger partial charge in [0, 0.05) is 22.7 Å². The lowest BCUT2D eigenvalue weighted by molar-refractivity contribution is 0.0992. The first-order valence-corrected chi connectivity index (χ1v) is 10.8. The van der Waals surface area contributed by atoms with Crippen LogP contribution >= 0.6 is 11.6 Å². The number of halogens is 1. The number of fused-ring (bicyclic) bond motifs is 1. The number of nitrogens with one attached hydrogen (secondary N) is 1. The van der Waals surface area contributed by atoms with Crippen molar-refractivity contribution < 1.29 is 13.9 Å². The van der Waals surface area contributed by atoms with Crippen LogP contribution in [0.2, 0.25) is 5.02 Å². The molecular weight excluding hydrogens is 438 g/mol. The van der Waals surface area contributed by atoms with Crippen molar-refractivity contribution in [1.29, 1.82) is 0 Å². The minimum atomic E-state index is -0.380. The number of nitrogens with zero attached hydrogens (tertiary/aromatic N) is 2. The maximum Gasteiger partial charge on any atom is 0.292 e. The summed E-state index contributed by atoms with van der Waals surface area (Å²) in [6, 6.07) is 26.6. The summed E-state index contributed by atoms with van der Waals surface area (Å²) in [6.45, 7) is 0.722. The zero-order valence-electron chi connectivity index (χ0n) is 17.6. The molecule has 1 amide bonds. The number of aromatic nitrogens is 2. The van der Waals surface area contributed by atoms with Crippen LogP contribution in [0.4, 0.5) is 5.82 Å². The van der Waals surface area contributed by atoms with E-state index in [2.05, 4.69) is 10.4 Å². The number of amides is 1. The quantitative estimate of drug-likeness (QED) is 0.317. The highest BCUT2D eigenvalue weighted by atomic mass is 35.5. The molecule has 2 heterocycles. The Morgan fingerprint density at radius 3 is 2.70 bits per heavy atom. The van der Waals surface area contributed by atoms with Crippen molar-refractivity contribution >= 4 is 34.1 Å². The van der Waals surface area contributed by atoms with Crippen molar-refractivity contribution in [3.8, 4) is 5.75 Å². The Morgan fingerprint density at radius 2 is 1.79 bits per heavy atom. The number of furan rings is 1. The van der Waals surface area contributed by atoms with E-state index in [1.807, 2.05) is 66.7 Å². The number of carbonyl (C=O) groups excluding carboxylic acids is 1. The number of ether oxygens (including phenoxy) is 1. The van der Waals surface area contributed by atoms with Gasteiger partial charge in [0.05, 0.1) is 6.54 Å². The van der Waals surface area contributed by atoms with Crippen LogP contribution in [-0.4, -0.2) is 15.7 Å². The van der Waals surface area contributed by atoms with E-state index in [1.165, 1.54) is 0 Å². The largest absolute Gasteiger partial charge is 0.485 e. The van der Waals surface area contributed by atoms with Gasteiger partial charge >= 0.3 is 0 Å². The van der Waals surface area contributed by atoms with Gasteiger partial charge in [-0.05, 0) is 35.2 Å². The third kappa shape index (κ3) is 4.76. The molecule has 0 saturated carbocycles. The van der Waals surface area contributed by atoms with Crippen molar-refractivity contribution in [3.05, 3.63) is 113 Å². The van der Waals surface area contributed by atoms with Gasteiger partial charge in [0.1, 0.15) is 18.1 Å². The van der Waals surface area contributed by atoms with Crippen LogP contribution in [0, 0.1) is 0 Å². The highest BCUT2D eigenvalue weighted by Crippen LogP contribution is 2.26. The van der Waals surface area contributed by atoms with Gasteiger partial charge in [-0.1, -0.05) is 66.2 Å². The topological polar surface area (TPSA) is 69.3 Å². The highest BCUT2D eigenvalue weighted by molar-refractivity contribution is 6.31. The Bertz CT molecular complexity index is 1420. The molecule has 3 aromatic carbocycles. The summed E-state index contributed by atoms with van der Waals surface area (Å²) in [5.41, 5.74) is 0.946. The summed E-state index contributed by atoms with van der Waals surface area (Å²) in [6.07, 6.45) is 1.78. The van der Waals surface area contributed by atoms with Gasteiger partial charge in [0.2, 0.25) is 0 Å². The standard InChI is InChI=1S/C26H20ClN3O3/c27-22-10-4-2-7-19(22)16-30-15-14-25(29-30)28-26(31)24-13-12-20(33-24)17-32-23-11-5-8-18-6-1-3-9-21(18)23/h1-15H,16-17H2,(H,28,29,31). The van der Waals surface area contributed by atoms with Crippen molar-refractivity contribution in [2.24, 2.45) is 0 Å². The number of carbonyl (C=O) groups is 1. The molecular formula is C26H20ClN3O3. The molecule has 6 nitrogen and oxygen atoms in total. The molecule has 5 aromatic rings. The summed E-state index contributed by atoms with van der Waals surface area (Å²) < 4.78 is 13.3. The third-order valence-corrected chi connectivity index (χ3v) is 5.55. The van der Waals surface area contributed by atoms with Crippen molar-refractivity contribution in [2.45, 2.75) is 13.2 Å². The Balaban J connectivity index is 1.21. The third-order valence-electron chi connectivity index (χ3n) is 5.18. The van der Waals surface area contributed by atoms with E-state index in [1.54, 1.807) is 29.1 Å². The SMILES string of the molecule is O=C(Nc1ccn(Cc2ccccc2Cl)n1)c1ccc(COc2cccc3ccccc23)o1. The number of rotatable bonds is 7. The predicted octanol–water partition coefficient (Wildman–Crippen LogP) is 6.16. The number of anilines is 1. The molecule has 164 valence electrons. The molecule has 0 bridgehead atoms. The lowest BCUT2D eigenvalue weighted by Crippen LogP contribution is -2.12. The summed E-state index contributed by atoms with van der Waals surface area (Å²) in [5, 5.41) is 9.93. The Labute approximate surface area is 195 Å². The fraction of sp³-hybridized carbons (Fsp3) is 0.0769. The molecule has 0 saturated heterocycles. The molecule has 0 aliphatic heterocycles. The Morgan fingerprint density at radius 1 is 0.970 bits per heavy atom. The Hall–Kier alpha value is -4.03. The normalized spacial score (nSPS) is 10.9. The van der Waals surface area contributed by atoms with Crippen molar-refractivity contribution in [1.82, 2.24) is 9.78 Å². The number of hydrogen-bond donors (Lipinski definition) is 1. The second-order valence-electron chi connectivity index (χ2n) is 7.48. The lowest BCUT2D eigenvalue weighted by atomic mass is 10.1. The summed E-state index contributed by atoms with van der Waals surface area (Å²) in [4.78, 5) is 12.6. The molecule has 0 aliphatic rings. The molecule has 0 spiro atoms. The summed E-state index contributed by atoms with van der Waals surface area (Å²) in [7, 11) is 0. The van der Waals surface area contributed by atoms with Crippen LogP contribution in [0.1, 0.15) is 21.9 Å². The molecule has 1 N–H and O–H groups in total. The maximum absolute atomic E-state index is 12.6. The highest BCUT2D eigenvalue weighted by Gasteiger charge is 2.14. The summed E-state index contributed by atoms with van der Waals surface area (Å²) >= 11 is 6.21. The fourth-order valence-electron chi connectivity index (χ4n) is 3.54. The van der Waals surface area contributed by atoms with E-state index < -0.39 is 0 Å². The van der Waals surface area contributed by atoms with E-state index in [0.29, 0.717) is 23.1 Å². The zero-order chi connectivity index (χ0) is 22.6. The second-order valence-corrected chi connectivity index (χ2v) is 7.88. The van der Waals surface area contributed by atoms with Crippen LogP contribution in [0.25, 0.3) is 10.8 Å². The molecule has 0 radical (unpaired) electrons. The average molecular weight is 458 g/mol. The first-order chi connectivity index (χ1) is 16.2. The maximum atomic E-state index is 12.6. The first kappa shape index (κ1) is 20.8. The van der Waals surface area contributed by atoms with E-state index in [0.717, 1.165) is 22.1 Å². The minimum Gasteiger partial charge on any atom is -0.485 e. The van der Waals surface area contributed by atoms with Gasteiger partial charge in [-0.25, -0.2) is 0 Å². The molecule has 2 aromatic heterocycles. The van der Waals surface area contributed by atoms with Gasteiger partial charge in [-0.3, -0.25) is 9.48 Å².